The third-order valence-corrected chi connectivity index (χ3v) is 3.17. The van der Waals surface area contributed by atoms with Gasteiger partial charge < -0.3 is 20.1 Å². The second-order valence-electron chi connectivity index (χ2n) is 4.59. The van der Waals surface area contributed by atoms with Crippen molar-refractivity contribution in [3.63, 3.8) is 0 Å². The Morgan fingerprint density at radius 3 is 2.68 bits per heavy atom. The minimum absolute atomic E-state index is 0.0810. The number of anilines is 2. The Hall–Kier alpha value is -2.83. The number of fused-ring (bicyclic) bond motifs is 1. The zero-order chi connectivity index (χ0) is 16.1. The van der Waals surface area contributed by atoms with Crippen LogP contribution in [0.25, 0.3) is 0 Å². The Morgan fingerprint density at radius 2 is 2.00 bits per heavy atom. The lowest BCUT2D eigenvalue weighted by Crippen LogP contribution is -2.22. The molecule has 2 rings (SSSR count). The molecule has 1 aliphatic rings. The van der Waals surface area contributed by atoms with Gasteiger partial charge in [-0.05, 0) is 18.1 Å². The molecule has 7 nitrogen and oxygen atoms in total. The topological polar surface area (TPSA) is 93.7 Å². The van der Waals surface area contributed by atoms with E-state index in [0.717, 1.165) is 11.6 Å². The summed E-state index contributed by atoms with van der Waals surface area (Å²) in [4.78, 5) is 34.7. The Labute approximate surface area is 127 Å². The normalized spacial score (nSPS) is 13.7. The Kier molecular flexibility index (Phi) is 4.77. The molecule has 1 aromatic rings. The van der Waals surface area contributed by atoms with E-state index in [9.17, 15) is 14.4 Å². The number of nitrogens with one attached hydrogen (secondary N) is 2. The van der Waals surface area contributed by atoms with E-state index in [2.05, 4.69) is 20.1 Å². The first-order valence-electron chi connectivity index (χ1n) is 6.62. The summed E-state index contributed by atoms with van der Waals surface area (Å²) in [5, 5.41) is 5.58. The summed E-state index contributed by atoms with van der Waals surface area (Å²) >= 11 is 0. The quantitative estimate of drug-likeness (QED) is 0.641. The van der Waals surface area contributed by atoms with Crippen molar-refractivity contribution in [3.05, 3.63) is 35.5 Å². The van der Waals surface area contributed by atoms with E-state index in [1.165, 1.54) is 14.2 Å². The van der Waals surface area contributed by atoms with Crippen molar-refractivity contribution >= 4 is 29.2 Å². The Morgan fingerprint density at radius 1 is 1.23 bits per heavy atom. The summed E-state index contributed by atoms with van der Waals surface area (Å²) in [6.07, 6.45) is 2.03. The molecular formula is C15H16N2O5. The number of hydrogen-bond donors (Lipinski definition) is 2. The number of carbonyl (C=O) groups is 3. The summed E-state index contributed by atoms with van der Waals surface area (Å²) in [5.41, 5.74) is 1.97. The predicted molar refractivity (Wildman–Crippen MR) is 79.1 cm³/mol. The number of esters is 2. The van der Waals surface area contributed by atoms with Crippen LogP contribution in [0.3, 0.4) is 0 Å². The molecule has 0 aliphatic carbocycles. The van der Waals surface area contributed by atoms with Crippen molar-refractivity contribution in [3.8, 4) is 0 Å². The van der Waals surface area contributed by atoms with Crippen LogP contribution < -0.4 is 10.6 Å². The maximum atomic E-state index is 11.8. The van der Waals surface area contributed by atoms with Gasteiger partial charge >= 0.3 is 11.9 Å². The highest BCUT2D eigenvalue weighted by atomic mass is 16.5. The number of rotatable bonds is 4. The first-order chi connectivity index (χ1) is 10.5. The molecule has 0 unspecified atom stereocenters. The number of ether oxygens (including phenoxy) is 2. The van der Waals surface area contributed by atoms with Crippen LogP contribution in [0.15, 0.2) is 30.0 Å². The number of amides is 1. The molecule has 116 valence electrons. The van der Waals surface area contributed by atoms with Crippen LogP contribution in [0.1, 0.15) is 12.0 Å². The summed E-state index contributed by atoms with van der Waals surface area (Å²) in [5.74, 6) is -1.51. The molecule has 0 saturated heterocycles. The third-order valence-electron chi connectivity index (χ3n) is 3.17. The van der Waals surface area contributed by atoms with Crippen LogP contribution in [0.5, 0.6) is 0 Å². The number of benzene rings is 1. The average molecular weight is 304 g/mol. The van der Waals surface area contributed by atoms with Crippen molar-refractivity contribution < 1.29 is 23.9 Å². The second kappa shape index (κ2) is 6.75. The van der Waals surface area contributed by atoms with E-state index >= 15 is 0 Å². The first kappa shape index (κ1) is 15.6. The van der Waals surface area contributed by atoms with Crippen LogP contribution in [0.2, 0.25) is 0 Å². The number of aryl methyl sites for hydroxylation is 1. The number of hydrogen-bond acceptors (Lipinski definition) is 6. The molecule has 0 fully saturated rings. The zero-order valence-electron chi connectivity index (χ0n) is 12.3. The van der Waals surface area contributed by atoms with E-state index in [4.69, 9.17) is 0 Å². The molecule has 7 heteroatoms. The number of methoxy groups -OCH3 is 2. The minimum atomic E-state index is -0.717. The maximum absolute atomic E-state index is 11.8. The van der Waals surface area contributed by atoms with Crippen molar-refractivity contribution in [1.82, 2.24) is 0 Å². The molecule has 1 heterocycles. The minimum Gasteiger partial charge on any atom is -0.466 e. The predicted octanol–water partition coefficient (Wildman–Crippen LogP) is 1.21. The average Bonchev–Trinajstić information content (AvgIpc) is 2.53. The van der Waals surface area contributed by atoms with E-state index in [-0.39, 0.29) is 11.6 Å². The monoisotopic (exact) mass is 304 g/mol. The van der Waals surface area contributed by atoms with Gasteiger partial charge in [0.1, 0.15) is 5.70 Å². The van der Waals surface area contributed by atoms with E-state index in [0.29, 0.717) is 24.2 Å². The van der Waals surface area contributed by atoms with Gasteiger partial charge in [-0.25, -0.2) is 9.59 Å². The Bertz CT molecular complexity index is 651. The van der Waals surface area contributed by atoms with E-state index < -0.39 is 11.9 Å². The molecule has 0 aromatic heterocycles. The fourth-order valence-corrected chi connectivity index (χ4v) is 2.09. The van der Waals surface area contributed by atoms with Gasteiger partial charge in [-0.1, -0.05) is 12.1 Å². The molecule has 22 heavy (non-hydrogen) atoms. The van der Waals surface area contributed by atoms with Crippen LogP contribution in [-0.2, 0) is 30.3 Å². The van der Waals surface area contributed by atoms with Crippen molar-refractivity contribution in [2.24, 2.45) is 0 Å². The lowest BCUT2D eigenvalue weighted by Gasteiger charge is -2.21. The molecule has 0 atom stereocenters. The van der Waals surface area contributed by atoms with E-state index in [1.54, 1.807) is 12.1 Å². The SMILES string of the molecule is COC(=O)/C=C(/Nc1cccc2c1NC(=O)CC2)C(=O)OC. The highest BCUT2D eigenvalue weighted by Gasteiger charge is 2.20. The summed E-state index contributed by atoms with van der Waals surface area (Å²) in [6.45, 7) is 0. The van der Waals surface area contributed by atoms with E-state index in [1.807, 2.05) is 6.07 Å². The maximum Gasteiger partial charge on any atom is 0.354 e. The first-order valence-corrected chi connectivity index (χ1v) is 6.62. The van der Waals surface area contributed by atoms with Crippen molar-refractivity contribution in [2.45, 2.75) is 12.8 Å². The van der Waals surface area contributed by atoms with Gasteiger partial charge in [0.15, 0.2) is 0 Å². The summed E-state index contributed by atoms with van der Waals surface area (Å²) in [6, 6.07) is 5.38. The summed E-state index contributed by atoms with van der Waals surface area (Å²) in [7, 11) is 2.41. The fourth-order valence-electron chi connectivity index (χ4n) is 2.09. The van der Waals surface area contributed by atoms with Gasteiger partial charge in [-0.2, -0.15) is 0 Å². The zero-order valence-corrected chi connectivity index (χ0v) is 12.3. The van der Waals surface area contributed by atoms with Gasteiger partial charge in [0.25, 0.3) is 0 Å². The third kappa shape index (κ3) is 3.43. The number of carbonyl (C=O) groups excluding carboxylic acids is 3. The number of para-hydroxylation sites is 1. The Balaban J connectivity index is 2.35. The van der Waals surface area contributed by atoms with Crippen LogP contribution in [-0.4, -0.2) is 32.1 Å². The molecule has 2 N–H and O–H groups in total. The van der Waals surface area contributed by atoms with Gasteiger partial charge in [-0.3, -0.25) is 4.79 Å². The smallest absolute Gasteiger partial charge is 0.354 e. The lowest BCUT2D eigenvalue weighted by atomic mass is 10.0. The van der Waals surface area contributed by atoms with Gasteiger partial charge in [0.2, 0.25) is 5.91 Å². The molecule has 1 aromatic carbocycles. The highest BCUT2D eigenvalue weighted by molar-refractivity contribution is 6.02. The molecule has 0 bridgehead atoms. The standard InChI is InChI=1S/C15H16N2O5/c1-21-13(19)8-11(15(20)22-2)16-10-5-3-4-9-6-7-12(18)17-14(9)10/h3-5,8,16H,6-7H2,1-2H3,(H,17,18)/b11-8+. The van der Waals surface area contributed by atoms with Crippen molar-refractivity contribution in [2.75, 3.05) is 24.9 Å². The highest BCUT2D eigenvalue weighted by Crippen LogP contribution is 2.31. The molecule has 0 radical (unpaired) electrons. The molecular weight excluding hydrogens is 288 g/mol. The second-order valence-corrected chi connectivity index (χ2v) is 4.59. The molecule has 1 aliphatic heterocycles. The van der Waals surface area contributed by atoms with Crippen molar-refractivity contribution in [1.29, 1.82) is 0 Å². The van der Waals surface area contributed by atoms with Gasteiger partial charge in [-0.15, -0.1) is 0 Å². The largest absolute Gasteiger partial charge is 0.466 e. The fraction of sp³-hybridized carbons (Fsp3) is 0.267. The van der Waals surface area contributed by atoms with Gasteiger partial charge in [0, 0.05) is 6.42 Å². The molecule has 0 saturated carbocycles. The van der Waals surface area contributed by atoms with Gasteiger partial charge in [0.05, 0.1) is 31.7 Å². The van der Waals surface area contributed by atoms with Crippen LogP contribution in [0.4, 0.5) is 11.4 Å². The van der Waals surface area contributed by atoms with Crippen LogP contribution >= 0.6 is 0 Å². The lowest BCUT2D eigenvalue weighted by molar-refractivity contribution is -0.138. The molecule has 0 spiro atoms. The summed E-state index contributed by atoms with van der Waals surface area (Å²) < 4.78 is 9.14. The molecule has 1 amide bonds. The van der Waals surface area contributed by atoms with Crippen LogP contribution in [0, 0.1) is 0 Å².